The number of hydrogen-bond donors (Lipinski definition) is 1. The summed E-state index contributed by atoms with van der Waals surface area (Å²) < 4.78 is 1.07. The summed E-state index contributed by atoms with van der Waals surface area (Å²) >= 11 is 9.14. The molecule has 1 nitrogen and oxygen atoms in total. The van der Waals surface area contributed by atoms with Crippen LogP contribution in [0.15, 0.2) is 53.0 Å². The molecular formula is C16H16BrClO. The Morgan fingerprint density at radius 2 is 1.47 bits per heavy atom. The predicted molar refractivity (Wildman–Crippen MR) is 84.5 cm³/mol. The van der Waals surface area contributed by atoms with Crippen molar-refractivity contribution in [1.82, 2.24) is 0 Å². The van der Waals surface area contributed by atoms with E-state index >= 15 is 0 Å². The van der Waals surface area contributed by atoms with Crippen molar-refractivity contribution in [2.75, 3.05) is 5.88 Å². The van der Waals surface area contributed by atoms with Crippen LogP contribution >= 0.6 is 27.5 Å². The van der Waals surface area contributed by atoms with E-state index in [1.165, 1.54) is 0 Å². The maximum Gasteiger partial charge on any atom is 0.0879 e. The second-order valence-electron chi connectivity index (χ2n) is 4.80. The van der Waals surface area contributed by atoms with Crippen LogP contribution in [0.5, 0.6) is 0 Å². The second kappa shape index (κ2) is 6.08. The van der Waals surface area contributed by atoms with Gasteiger partial charge in [-0.15, -0.1) is 11.6 Å². The molecule has 0 radical (unpaired) electrons. The third kappa shape index (κ3) is 3.59. The molecule has 100 valence electrons. The maximum atomic E-state index is 10.3. The minimum Gasteiger partial charge on any atom is -0.385 e. The largest absolute Gasteiger partial charge is 0.385 e. The third-order valence-electron chi connectivity index (χ3n) is 3.27. The minimum absolute atomic E-state index is 0.446. The number of rotatable bonds is 4. The first kappa shape index (κ1) is 14.6. The van der Waals surface area contributed by atoms with Crippen molar-refractivity contribution in [2.24, 2.45) is 0 Å². The molecule has 0 fully saturated rings. The summed E-state index contributed by atoms with van der Waals surface area (Å²) in [6.45, 7) is 1.80. The van der Waals surface area contributed by atoms with E-state index in [-0.39, 0.29) is 0 Å². The fourth-order valence-corrected chi connectivity index (χ4v) is 2.62. The highest BCUT2D eigenvalue weighted by Crippen LogP contribution is 2.28. The maximum absolute atomic E-state index is 10.3. The van der Waals surface area contributed by atoms with Gasteiger partial charge in [0.15, 0.2) is 0 Å². The molecule has 0 amide bonds. The highest BCUT2D eigenvalue weighted by atomic mass is 79.9. The first-order chi connectivity index (χ1) is 9.03. The topological polar surface area (TPSA) is 20.2 Å². The van der Waals surface area contributed by atoms with Crippen molar-refractivity contribution in [3.05, 3.63) is 58.6 Å². The molecule has 2 rings (SSSR count). The zero-order valence-corrected chi connectivity index (χ0v) is 13.1. The van der Waals surface area contributed by atoms with Gasteiger partial charge in [0, 0.05) is 10.4 Å². The molecule has 1 unspecified atom stereocenters. The summed E-state index contributed by atoms with van der Waals surface area (Å²) in [6.07, 6.45) is 0.548. The van der Waals surface area contributed by atoms with Crippen LogP contribution in [0.3, 0.4) is 0 Å². The molecule has 0 aliphatic heterocycles. The molecule has 0 aromatic heterocycles. The lowest BCUT2D eigenvalue weighted by Crippen LogP contribution is -2.21. The van der Waals surface area contributed by atoms with Crippen molar-refractivity contribution >= 4 is 27.5 Å². The lowest BCUT2D eigenvalue weighted by atomic mass is 9.92. The van der Waals surface area contributed by atoms with Crippen molar-refractivity contribution in [3.8, 4) is 11.1 Å². The molecular weight excluding hydrogens is 324 g/mol. The molecule has 0 spiro atoms. The Labute approximate surface area is 127 Å². The molecule has 2 aromatic carbocycles. The van der Waals surface area contributed by atoms with Gasteiger partial charge < -0.3 is 5.11 Å². The molecule has 0 aliphatic rings. The van der Waals surface area contributed by atoms with Crippen LogP contribution in [0, 0.1) is 0 Å². The molecule has 0 aliphatic carbocycles. The standard InChI is InChI=1S/C16H16BrClO/c1-16(19,10-11-18)14-6-2-12(3-7-14)13-4-8-15(17)9-5-13/h2-9,19H,10-11H2,1H3. The molecule has 19 heavy (non-hydrogen) atoms. The van der Waals surface area contributed by atoms with Gasteiger partial charge in [-0.05, 0) is 42.2 Å². The SMILES string of the molecule is CC(O)(CCCl)c1ccc(-c2ccc(Br)cc2)cc1. The molecule has 1 N–H and O–H groups in total. The molecule has 0 saturated carbocycles. The highest BCUT2D eigenvalue weighted by molar-refractivity contribution is 9.10. The van der Waals surface area contributed by atoms with Gasteiger partial charge in [-0.2, -0.15) is 0 Å². The van der Waals surface area contributed by atoms with Crippen LogP contribution in [0.25, 0.3) is 11.1 Å². The summed E-state index contributed by atoms with van der Waals surface area (Å²) in [6, 6.07) is 16.2. The Bertz CT molecular complexity index is 532. The average molecular weight is 340 g/mol. The third-order valence-corrected chi connectivity index (χ3v) is 3.98. The molecule has 3 heteroatoms. The van der Waals surface area contributed by atoms with Gasteiger partial charge in [0.25, 0.3) is 0 Å². The lowest BCUT2D eigenvalue weighted by Gasteiger charge is -2.23. The smallest absolute Gasteiger partial charge is 0.0879 e. The summed E-state index contributed by atoms with van der Waals surface area (Å²) in [5.41, 5.74) is 2.33. The van der Waals surface area contributed by atoms with E-state index in [1.54, 1.807) is 6.92 Å². The molecule has 2 aromatic rings. The Morgan fingerprint density at radius 1 is 1.00 bits per heavy atom. The number of hydrogen-bond acceptors (Lipinski definition) is 1. The summed E-state index contributed by atoms with van der Waals surface area (Å²) in [4.78, 5) is 0. The Morgan fingerprint density at radius 3 is 1.95 bits per heavy atom. The minimum atomic E-state index is -0.861. The molecule has 1 atom stereocenters. The van der Waals surface area contributed by atoms with Crippen LogP contribution < -0.4 is 0 Å². The quantitative estimate of drug-likeness (QED) is 0.781. The van der Waals surface area contributed by atoms with Crippen LogP contribution in [-0.4, -0.2) is 11.0 Å². The zero-order chi connectivity index (χ0) is 13.9. The number of halogens is 2. The van der Waals surface area contributed by atoms with Crippen molar-refractivity contribution < 1.29 is 5.11 Å². The lowest BCUT2D eigenvalue weighted by molar-refractivity contribution is 0.0540. The predicted octanol–water partition coefficient (Wildman–Crippen LogP) is 4.95. The van der Waals surface area contributed by atoms with Crippen molar-refractivity contribution in [2.45, 2.75) is 18.9 Å². The van der Waals surface area contributed by atoms with E-state index < -0.39 is 5.60 Å². The Kier molecular flexibility index (Phi) is 4.67. The monoisotopic (exact) mass is 338 g/mol. The van der Waals surface area contributed by atoms with Crippen LogP contribution in [0.2, 0.25) is 0 Å². The normalized spacial score (nSPS) is 14.1. The van der Waals surface area contributed by atoms with Crippen LogP contribution in [-0.2, 0) is 5.60 Å². The average Bonchev–Trinajstić information content (AvgIpc) is 2.40. The van der Waals surface area contributed by atoms with Gasteiger partial charge in [0.05, 0.1) is 5.60 Å². The summed E-state index contributed by atoms with van der Waals surface area (Å²) in [5.74, 6) is 0.446. The van der Waals surface area contributed by atoms with Crippen molar-refractivity contribution in [3.63, 3.8) is 0 Å². The Hall–Kier alpha value is -0.830. The molecule has 0 heterocycles. The van der Waals surface area contributed by atoms with Gasteiger partial charge in [-0.3, -0.25) is 0 Å². The first-order valence-corrected chi connectivity index (χ1v) is 7.50. The fraction of sp³-hybridized carbons (Fsp3) is 0.250. The highest BCUT2D eigenvalue weighted by Gasteiger charge is 2.21. The van der Waals surface area contributed by atoms with Gasteiger partial charge in [-0.1, -0.05) is 52.3 Å². The van der Waals surface area contributed by atoms with E-state index in [1.807, 2.05) is 36.4 Å². The Balaban J connectivity index is 2.25. The fourth-order valence-electron chi connectivity index (χ4n) is 1.99. The molecule has 0 bridgehead atoms. The van der Waals surface area contributed by atoms with Gasteiger partial charge in [0.2, 0.25) is 0 Å². The number of alkyl halides is 1. The summed E-state index contributed by atoms with van der Waals surface area (Å²) in [5, 5.41) is 10.3. The van der Waals surface area contributed by atoms with E-state index in [2.05, 4.69) is 28.1 Å². The molecule has 0 saturated heterocycles. The van der Waals surface area contributed by atoms with Gasteiger partial charge in [0.1, 0.15) is 0 Å². The van der Waals surface area contributed by atoms with Crippen LogP contribution in [0.1, 0.15) is 18.9 Å². The number of aliphatic hydroxyl groups is 1. The van der Waals surface area contributed by atoms with E-state index in [9.17, 15) is 5.11 Å². The number of benzene rings is 2. The van der Waals surface area contributed by atoms with Crippen LogP contribution in [0.4, 0.5) is 0 Å². The zero-order valence-electron chi connectivity index (χ0n) is 10.7. The van der Waals surface area contributed by atoms with Crippen molar-refractivity contribution in [1.29, 1.82) is 0 Å². The first-order valence-electron chi connectivity index (χ1n) is 6.18. The van der Waals surface area contributed by atoms with E-state index in [0.717, 1.165) is 21.2 Å². The second-order valence-corrected chi connectivity index (χ2v) is 6.09. The van der Waals surface area contributed by atoms with Gasteiger partial charge >= 0.3 is 0 Å². The summed E-state index contributed by atoms with van der Waals surface area (Å²) in [7, 11) is 0. The van der Waals surface area contributed by atoms with E-state index in [4.69, 9.17) is 11.6 Å². The van der Waals surface area contributed by atoms with E-state index in [0.29, 0.717) is 12.3 Å². The van der Waals surface area contributed by atoms with Gasteiger partial charge in [-0.25, -0.2) is 0 Å².